The normalized spacial score (nSPS) is 16.5. The SMILES string of the molecule is CC.O=C(CO)NCCN1CCOCC1. The summed E-state index contributed by atoms with van der Waals surface area (Å²) in [6.45, 7) is 8.39. The average Bonchev–Trinajstić information content (AvgIpc) is 2.33. The summed E-state index contributed by atoms with van der Waals surface area (Å²) in [4.78, 5) is 12.9. The number of hydrogen-bond acceptors (Lipinski definition) is 4. The second-order valence-electron chi connectivity index (χ2n) is 2.96. The van der Waals surface area contributed by atoms with Crippen LogP contribution in [-0.2, 0) is 9.53 Å². The second-order valence-corrected chi connectivity index (χ2v) is 2.96. The number of aliphatic hydroxyl groups is 1. The molecule has 90 valence electrons. The molecule has 0 atom stereocenters. The smallest absolute Gasteiger partial charge is 0.245 e. The van der Waals surface area contributed by atoms with E-state index in [1.54, 1.807) is 0 Å². The lowest BCUT2D eigenvalue weighted by molar-refractivity contribution is -0.123. The van der Waals surface area contributed by atoms with Gasteiger partial charge in [0.25, 0.3) is 0 Å². The molecule has 0 aromatic carbocycles. The molecular formula is C10H22N2O3. The summed E-state index contributed by atoms with van der Waals surface area (Å²) in [6.07, 6.45) is 0. The van der Waals surface area contributed by atoms with Gasteiger partial charge in [0.15, 0.2) is 0 Å². The number of morpholine rings is 1. The molecule has 1 aliphatic heterocycles. The molecule has 0 aromatic rings. The van der Waals surface area contributed by atoms with E-state index in [0.29, 0.717) is 6.54 Å². The molecule has 1 aliphatic rings. The first-order chi connectivity index (χ1) is 7.33. The van der Waals surface area contributed by atoms with Crippen molar-refractivity contribution in [1.29, 1.82) is 0 Å². The third kappa shape index (κ3) is 7.30. The summed E-state index contributed by atoms with van der Waals surface area (Å²) < 4.78 is 5.18. The molecule has 5 nitrogen and oxygen atoms in total. The first-order valence-corrected chi connectivity index (χ1v) is 5.50. The Morgan fingerprint density at radius 2 is 2.00 bits per heavy atom. The number of rotatable bonds is 4. The molecule has 1 amide bonds. The maximum Gasteiger partial charge on any atom is 0.245 e. The Morgan fingerprint density at radius 3 is 2.53 bits per heavy atom. The Labute approximate surface area is 91.4 Å². The molecule has 1 rings (SSSR count). The van der Waals surface area contributed by atoms with E-state index in [0.717, 1.165) is 32.8 Å². The topological polar surface area (TPSA) is 61.8 Å². The van der Waals surface area contributed by atoms with Crippen LogP contribution in [0.4, 0.5) is 0 Å². The van der Waals surface area contributed by atoms with Crippen LogP contribution in [0.25, 0.3) is 0 Å². The number of nitrogens with one attached hydrogen (secondary N) is 1. The number of ether oxygens (including phenoxy) is 1. The van der Waals surface area contributed by atoms with Gasteiger partial charge in [-0.1, -0.05) is 13.8 Å². The van der Waals surface area contributed by atoms with Crippen LogP contribution < -0.4 is 5.32 Å². The second kappa shape index (κ2) is 9.89. The fourth-order valence-electron chi connectivity index (χ4n) is 1.23. The van der Waals surface area contributed by atoms with Crippen molar-refractivity contribution in [2.24, 2.45) is 0 Å². The Kier molecular flexibility index (Phi) is 9.46. The molecule has 0 saturated carbocycles. The van der Waals surface area contributed by atoms with E-state index in [9.17, 15) is 4.79 Å². The molecule has 0 unspecified atom stereocenters. The highest BCUT2D eigenvalue weighted by Gasteiger charge is 2.09. The van der Waals surface area contributed by atoms with Crippen molar-refractivity contribution < 1.29 is 14.6 Å². The van der Waals surface area contributed by atoms with Crippen LogP contribution in [0, 0.1) is 0 Å². The minimum absolute atomic E-state index is 0.312. The van der Waals surface area contributed by atoms with E-state index in [4.69, 9.17) is 9.84 Å². The number of aliphatic hydroxyl groups excluding tert-OH is 1. The molecule has 2 N–H and O–H groups in total. The predicted octanol–water partition coefficient (Wildman–Crippen LogP) is -0.547. The van der Waals surface area contributed by atoms with Gasteiger partial charge in [0.2, 0.25) is 5.91 Å². The molecule has 0 aliphatic carbocycles. The molecule has 0 aromatic heterocycles. The van der Waals surface area contributed by atoms with Crippen LogP contribution in [0.3, 0.4) is 0 Å². The lowest BCUT2D eigenvalue weighted by atomic mass is 10.4. The molecule has 5 heteroatoms. The number of carbonyl (C=O) groups excluding carboxylic acids is 1. The van der Waals surface area contributed by atoms with Crippen LogP contribution in [0.15, 0.2) is 0 Å². The monoisotopic (exact) mass is 218 g/mol. The van der Waals surface area contributed by atoms with Crippen LogP contribution in [0.1, 0.15) is 13.8 Å². The van der Waals surface area contributed by atoms with E-state index in [1.165, 1.54) is 0 Å². The summed E-state index contributed by atoms with van der Waals surface area (Å²) in [5.74, 6) is -0.312. The van der Waals surface area contributed by atoms with Crippen molar-refractivity contribution in [3.63, 3.8) is 0 Å². The minimum Gasteiger partial charge on any atom is -0.387 e. The summed E-state index contributed by atoms with van der Waals surface area (Å²) in [5, 5.41) is 11.0. The standard InChI is InChI=1S/C8H16N2O3.C2H6/c11-7-8(12)9-1-2-10-3-5-13-6-4-10;1-2/h11H,1-7H2,(H,9,12);1-2H3. The van der Waals surface area contributed by atoms with Crippen LogP contribution >= 0.6 is 0 Å². The van der Waals surface area contributed by atoms with E-state index in [-0.39, 0.29) is 5.91 Å². The van der Waals surface area contributed by atoms with Crippen molar-refractivity contribution in [3.8, 4) is 0 Å². The molecular weight excluding hydrogens is 196 g/mol. The van der Waals surface area contributed by atoms with Gasteiger partial charge in [-0.05, 0) is 0 Å². The number of hydrogen-bond donors (Lipinski definition) is 2. The van der Waals surface area contributed by atoms with Crippen molar-refractivity contribution in [3.05, 3.63) is 0 Å². The first kappa shape index (κ1) is 14.3. The van der Waals surface area contributed by atoms with E-state index in [2.05, 4.69) is 10.2 Å². The molecule has 0 bridgehead atoms. The number of amides is 1. The van der Waals surface area contributed by atoms with Crippen molar-refractivity contribution in [2.45, 2.75) is 13.8 Å². The van der Waals surface area contributed by atoms with Gasteiger partial charge < -0.3 is 15.2 Å². The van der Waals surface area contributed by atoms with Gasteiger partial charge >= 0.3 is 0 Å². The maximum absolute atomic E-state index is 10.6. The Balaban J connectivity index is 0.000000921. The average molecular weight is 218 g/mol. The summed E-state index contributed by atoms with van der Waals surface area (Å²) in [5.41, 5.74) is 0. The zero-order valence-electron chi connectivity index (χ0n) is 9.66. The fourth-order valence-corrected chi connectivity index (χ4v) is 1.23. The van der Waals surface area contributed by atoms with Crippen LogP contribution in [0.2, 0.25) is 0 Å². The first-order valence-electron chi connectivity index (χ1n) is 5.50. The highest BCUT2D eigenvalue weighted by atomic mass is 16.5. The fraction of sp³-hybridized carbons (Fsp3) is 0.900. The van der Waals surface area contributed by atoms with Gasteiger partial charge in [-0.3, -0.25) is 9.69 Å². The van der Waals surface area contributed by atoms with E-state index < -0.39 is 6.61 Å². The highest BCUT2D eigenvalue weighted by molar-refractivity contribution is 5.76. The van der Waals surface area contributed by atoms with Crippen molar-refractivity contribution in [1.82, 2.24) is 10.2 Å². The Hall–Kier alpha value is -0.650. The predicted molar refractivity (Wildman–Crippen MR) is 58.7 cm³/mol. The third-order valence-corrected chi connectivity index (χ3v) is 2.00. The zero-order chi connectivity index (χ0) is 11.5. The lowest BCUT2D eigenvalue weighted by Gasteiger charge is -2.26. The van der Waals surface area contributed by atoms with Crippen molar-refractivity contribution in [2.75, 3.05) is 46.0 Å². The Morgan fingerprint density at radius 1 is 1.40 bits per heavy atom. The molecule has 0 radical (unpaired) electrons. The summed E-state index contributed by atoms with van der Waals surface area (Å²) >= 11 is 0. The molecule has 0 spiro atoms. The largest absolute Gasteiger partial charge is 0.387 e. The maximum atomic E-state index is 10.6. The lowest BCUT2D eigenvalue weighted by Crippen LogP contribution is -2.41. The number of nitrogens with zero attached hydrogens (tertiary/aromatic N) is 1. The van der Waals surface area contributed by atoms with E-state index in [1.807, 2.05) is 13.8 Å². The van der Waals surface area contributed by atoms with Crippen molar-refractivity contribution >= 4 is 5.91 Å². The summed E-state index contributed by atoms with van der Waals surface area (Å²) in [7, 11) is 0. The molecule has 1 heterocycles. The van der Waals surface area contributed by atoms with Crippen LogP contribution in [0.5, 0.6) is 0 Å². The molecule has 1 fully saturated rings. The highest BCUT2D eigenvalue weighted by Crippen LogP contribution is 1.94. The zero-order valence-corrected chi connectivity index (χ0v) is 9.66. The number of carbonyl (C=O) groups is 1. The van der Waals surface area contributed by atoms with Gasteiger partial charge in [0.05, 0.1) is 13.2 Å². The summed E-state index contributed by atoms with van der Waals surface area (Å²) in [6, 6.07) is 0. The quantitative estimate of drug-likeness (QED) is 0.665. The van der Waals surface area contributed by atoms with Gasteiger partial charge in [-0.25, -0.2) is 0 Å². The van der Waals surface area contributed by atoms with Gasteiger partial charge in [-0.2, -0.15) is 0 Å². The Bertz CT molecular complexity index is 159. The third-order valence-electron chi connectivity index (χ3n) is 2.00. The van der Waals surface area contributed by atoms with Gasteiger partial charge in [0, 0.05) is 26.2 Å². The molecule has 1 saturated heterocycles. The van der Waals surface area contributed by atoms with Gasteiger partial charge in [0.1, 0.15) is 6.61 Å². The minimum atomic E-state index is -0.427. The molecule has 15 heavy (non-hydrogen) atoms. The van der Waals surface area contributed by atoms with Crippen LogP contribution in [-0.4, -0.2) is 61.9 Å². The van der Waals surface area contributed by atoms with Gasteiger partial charge in [-0.15, -0.1) is 0 Å². The van der Waals surface area contributed by atoms with E-state index >= 15 is 0 Å².